The van der Waals surface area contributed by atoms with Gasteiger partial charge in [-0.15, -0.1) is 0 Å². The Morgan fingerprint density at radius 3 is 1.09 bits per heavy atom. The Morgan fingerprint density at radius 2 is 0.725 bits per heavy atom. The van der Waals surface area contributed by atoms with E-state index in [1.54, 1.807) is 6.08 Å². The van der Waals surface area contributed by atoms with Gasteiger partial charge in [-0.1, -0.05) is 319 Å². The molecule has 0 aliphatic rings. The lowest BCUT2D eigenvalue weighted by atomic mass is 10.0. The number of aliphatic hydroxyl groups is 1. The van der Waals surface area contributed by atoms with Crippen LogP contribution in [0.25, 0.3) is 0 Å². The van der Waals surface area contributed by atoms with Crippen LogP contribution in [-0.2, 0) is 18.4 Å². The number of aliphatic hydroxyl groups excluding tert-OH is 1. The van der Waals surface area contributed by atoms with Crippen LogP contribution in [0.15, 0.2) is 60.8 Å². The van der Waals surface area contributed by atoms with Crippen molar-refractivity contribution in [3.05, 3.63) is 60.8 Å². The van der Waals surface area contributed by atoms with Crippen LogP contribution in [0, 0.1) is 0 Å². The highest BCUT2D eigenvalue weighted by atomic mass is 31.2. The first-order valence-electron chi connectivity index (χ1n) is 34.7. The number of rotatable bonds is 64. The minimum atomic E-state index is -4.36. The molecule has 0 bridgehead atoms. The third-order valence-corrected chi connectivity index (χ3v) is 16.7. The molecule has 0 aromatic carbocycles. The number of unbranched alkanes of at least 4 members (excludes halogenated alkanes) is 43. The maximum atomic E-state index is 13.0. The fraction of sp³-hybridized carbons (Fsp3) is 0.845. The van der Waals surface area contributed by atoms with Crippen LogP contribution < -0.4 is 5.32 Å². The zero-order valence-electron chi connectivity index (χ0n) is 53.8. The second kappa shape index (κ2) is 61.8. The third-order valence-electron chi connectivity index (χ3n) is 15.7. The number of carbonyl (C=O) groups is 1. The lowest BCUT2D eigenvalue weighted by Crippen LogP contribution is -2.45. The summed E-state index contributed by atoms with van der Waals surface area (Å²) in [5, 5.41) is 14.0. The van der Waals surface area contributed by atoms with Gasteiger partial charge in [0.25, 0.3) is 0 Å². The van der Waals surface area contributed by atoms with E-state index >= 15 is 0 Å². The van der Waals surface area contributed by atoms with Crippen LogP contribution in [-0.4, -0.2) is 73.4 Å². The number of phosphoric ester groups is 1. The SMILES string of the molecule is CCCCCCC/C=C\C/C=C\C/C=C\CCCCCCCCCCCCCCCCC(=O)NC(COP(=O)(O)OCC[N+](C)(C)C)C(O)/C=C/CC/C=C/CCCCCCCCCCCCCCCCCCCCCCCCC. The largest absolute Gasteiger partial charge is 0.472 e. The Morgan fingerprint density at radius 1 is 0.425 bits per heavy atom. The highest BCUT2D eigenvalue weighted by Gasteiger charge is 2.28. The molecular formula is C71H136N2O6P+. The number of carbonyl (C=O) groups excluding carboxylic acids is 1. The maximum absolute atomic E-state index is 13.0. The summed E-state index contributed by atoms with van der Waals surface area (Å²) in [4.78, 5) is 23.4. The third kappa shape index (κ3) is 63.8. The molecule has 0 saturated carbocycles. The van der Waals surface area contributed by atoms with Gasteiger partial charge >= 0.3 is 7.82 Å². The summed E-state index contributed by atoms with van der Waals surface area (Å²) in [7, 11) is 1.56. The molecule has 3 unspecified atom stereocenters. The molecule has 0 saturated heterocycles. The summed E-state index contributed by atoms with van der Waals surface area (Å²) in [6.45, 7) is 4.83. The number of allylic oxidation sites excluding steroid dienone is 9. The number of nitrogens with one attached hydrogen (secondary N) is 1. The number of likely N-dealkylation sites (N-methyl/N-ethyl adjacent to an activating group) is 1. The van der Waals surface area contributed by atoms with Gasteiger partial charge in [0.1, 0.15) is 13.2 Å². The molecule has 0 radical (unpaired) electrons. The van der Waals surface area contributed by atoms with Crippen molar-refractivity contribution >= 4 is 13.7 Å². The first-order chi connectivity index (χ1) is 39.0. The van der Waals surface area contributed by atoms with Crippen molar-refractivity contribution < 1.29 is 32.9 Å². The molecule has 9 heteroatoms. The van der Waals surface area contributed by atoms with Crippen LogP contribution >= 0.6 is 7.82 Å². The van der Waals surface area contributed by atoms with Gasteiger partial charge in [-0.3, -0.25) is 13.8 Å². The monoisotopic (exact) mass is 1140 g/mol. The molecule has 0 aromatic heterocycles. The lowest BCUT2D eigenvalue weighted by Gasteiger charge is -2.25. The van der Waals surface area contributed by atoms with Gasteiger partial charge in [-0.05, 0) is 70.6 Å². The second-order valence-electron chi connectivity index (χ2n) is 24.9. The molecule has 0 spiro atoms. The number of quaternary nitrogens is 1. The fourth-order valence-corrected chi connectivity index (χ4v) is 11.0. The lowest BCUT2D eigenvalue weighted by molar-refractivity contribution is -0.870. The number of hydrogen-bond donors (Lipinski definition) is 3. The summed E-state index contributed by atoms with van der Waals surface area (Å²) in [6.07, 6.45) is 85.1. The molecular weight excluding hydrogens is 1010 g/mol. The van der Waals surface area contributed by atoms with Gasteiger partial charge in [0.15, 0.2) is 0 Å². The summed E-state index contributed by atoms with van der Waals surface area (Å²) in [6, 6.07) is -0.867. The van der Waals surface area contributed by atoms with E-state index in [-0.39, 0.29) is 19.1 Å². The summed E-state index contributed by atoms with van der Waals surface area (Å²) >= 11 is 0. The Hall–Kier alpha value is -1.80. The zero-order valence-corrected chi connectivity index (χ0v) is 54.7. The van der Waals surface area contributed by atoms with E-state index in [4.69, 9.17) is 9.05 Å². The van der Waals surface area contributed by atoms with E-state index < -0.39 is 20.0 Å². The molecule has 470 valence electrons. The van der Waals surface area contributed by atoms with Crippen molar-refractivity contribution in [3.8, 4) is 0 Å². The Labute approximate surface area is 498 Å². The summed E-state index contributed by atoms with van der Waals surface area (Å²) < 4.78 is 23.8. The molecule has 0 rings (SSSR count). The normalized spacial score (nSPS) is 14.0. The number of hydrogen-bond acceptors (Lipinski definition) is 5. The minimum Gasteiger partial charge on any atom is -0.387 e. The molecule has 0 aliphatic heterocycles. The quantitative estimate of drug-likeness (QED) is 0.0243. The topological polar surface area (TPSA) is 105 Å². The Kier molecular flexibility index (Phi) is 60.4. The van der Waals surface area contributed by atoms with Gasteiger partial charge in [-0.2, -0.15) is 0 Å². The number of nitrogens with zero attached hydrogens (tertiary/aromatic N) is 1. The maximum Gasteiger partial charge on any atom is 0.472 e. The van der Waals surface area contributed by atoms with Crippen molar-refractivity contribution in [1.29, 1.82) is 0 Å². The molecule has 80 heavy (non-hydrogen) atoms. The minimum absolute atomic E-state index is 0.0553. The van der Waals surface area contributed by atoms with Crippen molar-refractivity contribution in [2.24, 2.45) is 0 Å². The summed E-state index contributed by atoms with van der Waals surface area (Å²) in [5.74, 6) is -0.184. The predicted octanol–water partition coefficient (Wildman–Crippen LogP) is 22.0. The number of phosphoric acid groups is 1. The zero-order chi connectivity index (χ0) is 58.4. The average molecular weight is 1140 g/mol. The van der Waals surface area contributed by atoms with Gasteiger partial charge in [0.05, 0.1) is 39.9 Å². The van der Waals surface area contributed by atoms with Gasteiger partial charge in [0, 0.05) is 6.42 Å². The molecule has 0 heterocycles. The van der Waals surface area contributed by atoms with Crippen LogP contribution in [0.1, 0.15) is 335 Å². The fourth-order valence-electron chi connectivity index (χ4n) is 10.3. The highest BCUT2D eigenvalue weighted by Crippen LogP contribution is 2.43. The Balaban J connectivity index is 4.12. The smallest absolute Gasteiger partial charge is 0.387 e. The second-order valence-corrected chi connectivity index (χ2v) is 26.4. The molecule has 1 amide bonds. The standard InChI is InChI=1S/C71H135N2O6P/c1-6-8-10-12-14-16-18-20-22-24-26-28-30-32-34-36-38-40-42-44-46-48-50-52-54-56-58-60-62-64-70(74)69(68-79-80(76,77)78-67-66-73(3,4)5)72-71(75)65-63-61-59-57-55-53-51-49-47-45-43-41-39-37-35-33-31-29-27-25-23-21-19-17-15-13-11-9-7-2/h19,21,25,27,31,33,54,56,62,64,69-70,74H,6-18,20,22-24,26,28-30,32,34-53,55,57-61,63,65-68H2,1-5H3,(H-,72,75,76,77)/p+1/b21-19-,27-25-,33-31-,56-54+,64-62+. The molecule has 3 atom stereocenters. The van der Waals surface area contributed by atoms with Crippen LogP contribution in [0.3, 0.4) is 0 Å². The van der Waals surface area contributed by atoms with E-state index in [0.717, 1.165) is 51.4 Å². The van der Waals surface area contributed by atoms with Crippen molar-refractivity contribution in [1.82, 2.24) is 5.32 Å². The van der Waals surface area contributed by atoms with E-state index in [0.29, 0.717) is 17.4 Å². The van der Waals surface area contributed by atoms with Crippen molar-refractivity contribution in [3.63, 3.8) is 0 Å². The molecule has 0 aliphatic carbocycles. The first kappa shape index (κ1) is 78.2. The predicted molar refractivity (Wildman–Crippen MR) is 350 cm³/mol. The van der Waals surface area contributed by atoms with E-state index in [9.17, 15) is 19.4 Å². The molecule has 8 nitrogen and oxygen atoms in total. The number of amides is 1. The Bertz CT molecular complexity index is 1490. The van der Waals surface area contributed by atoms with Crippen LogP contribution in [0.5, 0.6) is 0 Å². The first-order valence-corrected chi connectivity index (χ1v) is 36.2. The van der Waals surface area contributed by atoms with Gasteiger partial charge < -0.3 is 19.8 Å². The van der Waals surface area contributed by atoms with Crippen LogP contribution in [0.2, 0.25) is 0 Å². The molecule has 0 aromatic rings. The van der Waals surface area contributed by atoms with Gasteiger partial charge in [0.2, 0.25) is 5.91 Å². The highest BCUT2D eigenvalue weighted by molar-refractivity contribution is 7.47. The average Bonchev–Trinajstić information content (AvgIpc) is 3.42. The van der Waals surface area contributed by atoms with E-state index in [1.807, 2.05) is 27.2 Å². The van der Waals surface area contributed by atoms with Gasteiger partial charge in [-0.25, -0.2) is 4.57 Å². The van der Waals surface area contributed by atoms with Crippen LogP contribution in [0.4, 0.5) is 0 Å². The van der Waals surface area contributed by atoms with E-state index in [1.165, 1.54) is 263 Å². The molecule has 0 fully saturated rings. The van der Waals surface area contributed by atoms with Crippen molar-refractivity contribution in [2.45, 2.75) is 347 Å². The molecule has 3 N–H and O–H groups in total. The van der Waals surface area contributed by atoms with E-state index in [2.05, 4.69) is 67.8 Å². The van der Waals surface area contributed by atoms with Crippen molar-refractivity contribution in [2.75, 3.05) is 40.9 Å². The summed E-state index contributed by atoms with van der Waals surface area (Å²) in [5.41, 5.74) is 0.